The van der Waals surface area contributed by atoms with E-state index < -0.39 is 0 Å². The van der Waals surface area contributed by atoms with Crippen LogP contribution < -0.4 is 5.73 Å². The summed E-state index contributed by atoms with van der Waals surface area (Å²) >= 11 is 0. The summed E-state index contributed by atoms with van der Waals surface area (Å²) in [6.07, 6.45) is 6.71. The van der Waals surface area contributed by atoms with Crippen LogP contribution in [0.4, 0.5) is 0 Å². The molecule has 3 atom stereocenters. The average Bonchev–Trinajstić information content (AvgIpc) is 2.50. The van der Waals surface area contributed by atoms with Gasteiger partial charge in [-0.3, -0.25) is 0 Å². The van der Waals surface area contributed by atoms with Crippen LogP contribution in [0.2, 0.25) is 0 Å². The van der Waals surface area contributed by atoms with Gasteiger partial charge in [-0.15, -0.1) is 0 Å². The highest BCUT2D eigenvalue weighted by Gasteiger charge is 2.26. The summed E-state index contributed by atoms with van der Waals surface area (Å²) in [5.41, 5.74) is 6.00. The van der Waals surface area contributed by atoms with Crippen LogP contribution in [-0.2, 0) is 0 Å². The van der Waals surface area contributed by atoms with Gasteiger partial charge >= 0.3 is 0 Å². The van der Waals surface area contributed by atoms with Crippen LogP contribution in [0, 0.1) is 11.8 Å². The van der Waals surface area contributed by atoms with Gasteiger partial charge in [-0.05, 0) is 31.1 Å². The molecule has 1 nitrogen and oxygen atoms in total. The Kier molecular flexibility index (Phi) is 3.38. The summed E-state index contributed by atoms with van der Waals surface area (Å²) in [6.45, 7) is 4.49. The van der Waals surface area contributed by atoms with Crippen LogP contribution in [0.25, 0.3) is 0 Å². The number of hydrogen-bond donors (Lipinski definition) is 1. The minimum absolute atomic E-state index is 0.478. The highest BCUT2D eigenvalue weighted by molar-refractivity contribution is 4.81. The highest BCUT2D eigenvalue weighted by Crippen LogP contribution is 2.34. The fourth-order valence-electron chi connectivity index (χ4n) is 2.21. The van der Waals surface area contributed by atoms with E-state index in [0.717, 1.165) is 18.3 Å². The van der Waals surface area contributed by atoms with E-state index in [1.807, 2.05) is 0 Å². The van der Waals surface area contributed by atoms with E-state index in [0.29, 0.717) is 6.04 Å². The zero-order valence-electron chi connectivity index (χ0n) is 7.84. The normalized spacial score (nSPS) is 34.1. The van der Waals surface area contributed by atoms with E-state index >= 15 is 0 Å². The maximum Gasteiger partial charge on any atom is 0.00646 e. The smallest absolute Gasteiger partial charge is 0.00646 e. The quantitative estimate of drug-likeness (QED) is 0.666. The van der Waals surface area contributed by atoms with E-state index in [4.69, 9.17) is 5.73 Å². The summed E-state index contributed by atoms with van der Waals surface area (Å²) in [5, 5.41) is 0. The molecule has 0 saturated heterocycles. The first kappa shape index (κ1) is 9.05. The molecule has 1 heteroatoms. The largest absolute Gasteiger partial charge is 0.327 e. The minimum Gasteiger partial charge on any atom is -0.327 e. The molecule has 1 aliphatic carbocycles. The second kappa shape index (κ2) is 4.10. The van der Waals surface area contributed by atoms with Crippen molar-refractivity contribution in [2.75, 3.05) is 0 Å². The Balaban J connectivity index is 2.29. The predicted octanol–water partition coefficient (Wildman–Crippen LogP) is 2.55. The molecule has 2 N–H and O–H groups in total. The van der Waals surface area contributed by atoms with Crippen LogP contribution in [0.5, 0.6) is 0 Å². The third-order valence-electron chi connectivity index (χ3n) is 3.24. The fourth-order valence-corrected chi connectivity index (χ4v) is 2.21. The first-order valence-electron chi connectivity index (χ1n) is 5.03. The molecular formula is C10H21N. The van der Waals surface area contributed by atoms with E-state index in [2.05, 4.69) is 13.8 Å². The maximum atomic E-state index is 6.00. The first-order chi connectivity index (χ1) is 5.27. The van der Waals surface area contributed by atoms with Crippen LogP contribution in [0.1, 0.15) is 46.0 Å². The third-order valence-corrected chi connectivity index (χ3v) is 3.24. The van der Waals surface area contributed by atoms with Gasteiger partial charge in [0.2, 0.25) is 0 Å². The SMILES string of the molecule is CCC1CCC(C(N)CC)C1. The van der Waals surface area contributed by atoms with Crippen molar-refractivity contribution in [1.29, 1.82) is 0 Å². The first-order valence-corrected chi connectivity index (χ1v) is 5.03. The van der Waals surface area contributed by atoms with Crippen molar-refractivity contribution in [2.45, 2.75) is 52.0 Å². The molecule has 1 aliphatic rings. The number of hydrogen-bond acceptors (Lipinski definition) is 1. The van der Waals surface area contributed by atoms with Gasteiger partial charge in [0, 0.05) is 6.04 Å². The zero-order valence-corrected chi connectivity index (χ0v) is 7.84. The molecule has 0 amide bonds. The molecule has 11 heavy (non-hydrogen) atoms. The summed E-state index contributed by atoms with van der Waals surface area (Å²) < 4.78 is 0. The van der Waals surface area contributed by atoms with E-state index in [1.165, 1.54) is 25.7 Å². The Labute approximate surface area is 70.4 Å². The fraction of sp³-hybridized carbons (Fsp3) is 1.00. The lowest BCUT2D eigenvalue weighted by molar-refractivity contribution is 0.399. The van der Waals surface area contributed by atoms with Crippen LogP contribution in [0.3, 0.4) is 0 Å². The lowest BCUT2D eigenvalue weighted by Crippen LogP contribution is -2.27. The van der Waals surface area contributed by atoms with Crippen molar-refractivity contribution in [2.24, 2.45) is 17.6 Å². The molecule has 0 spiro atoms. The van der Waals surface area contributed by atoms with Crippen LogP contribution in [0.15, 0.2) is 0 Å². The topological polar surface area (TPSA) is 26.0 Å². The molecule has 3 unspecified atom stereocenters. The number of nitrogens with two attached hydrogens (primary N) is 1. The molecule has 1 saturated carbocycles. The standard InChI is InChI=1S/C10H21N/c1-3-8-5-6-9(7-8)10(11)4-2/h8-10H,3-7,11H2,1-2H3. The molecular weight excluding hydrogens is 134 g/mol. The highest BCUT2D eigenvalue weighted by atomic mass is 14.6. The molecule has 66 valence electrons. The van der Waals surface area contributed by atoms with Gasteiger partial charge in [0.15, 0.2) is 0 Å². The maximum absolute atomic E-state index is 6.00. The Morgan fingerprint density at radius 1 is 1.36 bits per heavy atom. The van der Waals surface area contributed by atoms with Gasteiger partial charge in [-0.2, -0.15) is 0 Å². The summed E-state index contributed by atoms with van der Waals surface area (Å²) in [7, 11) is 0. The van der Waals surface area contributed by atoms with Crippen LogP contribution in [-0.4, -0.2) is 6.04 Å². The second-order valence-corrected chi connectivity index (χ2v) is 3.92. The monoisotopic (exact) mass is 155 g/mol. The molecule has 0 aliphatic heterocycles. The van der Waals surface area contributed by atoms with Gasteiger partial charge in [0.25, 0.3) is 0 Å². The molecule has 1 fully saturated rings. The molecule has 1 rings (SSSR count). The van der Waals surface area contributed by atoms with E-state index in [9.17, 15) is 0 Å². The van der Waals surface area contributed by atoms with Crippen LogP contribution >= 0.6 is 0 Å². The molecule has 0 bridgehead atoms. The predicted molar refractivity (Wildman–Crippen MR) is 49.4 cm³/mol. The van der Waals surface area contributed by atoms with Crippen molar-refractivity contribution >= 4 is 0 Å². The van der Waals surface area contributed by atoms with Gasteiger partial charge < -0.3 is 5.73 Å². The Morgan fingerprint density at radius 2 is 2.09 bits per heavy atom. The van der Waals surface area contributed by atoms with E-state index in [-0.39, 0.29) is 0 Å². The summed E-state index contributed by atoms with van der Waals surface area (Å²) in [5.74, 6) is 1.82. The number of rotatable bonds is 3. The van der Waals surface area contributed by atoms with Gasteiger partial charge in [0.05, 0.1) is 0 Å². The molecule has 0 radical (unpaired) electrons. The minimum atomic E-state index is 0.478. The van der Waals surface area contributed by atoms with Crippen molar-refractivity contribution in [3.63, 3.8) is 0 Å². The van der Waals surface area contributed by atoms with Crippen molar-refractivity contribution < 1.29 is 0 Å². The average molecular weight is 155 g/mol. The van der Waals surface area contributed by atoms with Gasteiger partial charge in [-0.25, -0.2) is 0 Å². The summed E-state index contributed by atoms with van der Waals surface area (Å²) in [4.78, 5) is 0. The van der Waals surface area contributed by atoms with Gasteiger partial charge in [0.1, 0.15) is 0 Å². The third kappa shape index (κ3) is 2.19. The lowest BCUT2D eigenvalue weighted by Gasteiger charge is -2.16. The molecule has 0 aromatic heterocycles. The molecule has 0 aromatic carbocycles. The Hall–Kier alpha value is -0.0400. The summed E-state index contributed by atoms with van der Waals surface area (Å²) in [6, 6.07) is 0.478. The van der Waals surface area contributed by atoms with Crippen molar-refractivity contribution in [3.05, 3.63) is 0 Å². The molecule has 0 aromatic rings. The Morgan fingerprint density at radius 3 is 2.55 bits per heavy atom. The molecule has 0 heterocycles. The van der Waals surface area contributed by atoms with Crippen molar-refractivity contribution in [3.8, 4) is 0 Å². The lowest BCUT2D eigenvalue weighted by atomic mass is 9.95. The van der Waals surface area contributed by atoms with Crippen molar-refractivity contribution in [1.82, 2.24) is 0 Å². The van der Waals surface area contributed by atoms with E-state index in [1.54, 1.807) is 0 Å². The van der Waals surface area contributed by atoms with Gasteiger partial charge in [-0.1, -0.05) is 26.7 Å². The second-order valence-electron chi connectivity index (χ2n) is 3.92. The zero-order chi connectivity index (χ0) is 8.27. The Bertz CT molecular complexity index is 111.